The van der Waals surface area contributed by atoms with Crippen molar-refractivity contribution in [3.8, 4) is 0 Å². The molecule has 6 heteroatoms. The molecule has 5 nitrogen and oxygen atoms in total. The molecular formula is C8H11IN4O. The van der Waals surface area contributed by atoms with Crippen LogP contribution < -0.4 is 16.2 Å². The molecule has 0 aliphatic carbocycles. The number of nitrogens with one attached hydrogen (secondary N) is 3. The molecule has 14 heavy (non-hydrogen) atoms. The molecule has 0 unspecified atom stereocenters. The van der Waals surface area contributed by atoms with E-state index in [9.17, 15) is 4.79 Å². The molecule has 76 valence electrons. The van der Waals surface area contributed by atoms with Crippen LogP contribution in [0.1, 0.15) is 6.92 Å². The Morgan fingerprint density at radius 1 is 1.64 bits per heavy atom. The minimum Gasteiger partial charge on any atom is -0.361 e. The minimum atomic E-state index is -0.0982. The van der Waals surface area contributed by atoms with Crippen LogP contribution >= 0.6 is 22.6 Å². The molecule has 2 heterocycles. The first-order valence-corrected chi connectivity index (χ1v) is 5.41. The van der Waals surface area contributed by atoms with Gasteiger partial charge in [0.15, 0.2) is 0 Å². The number of hydrogen-bond acceptors (Lipinski definition) is 4. The summed E-state index contributed by atoms with van der Waals surface area (Å²) in [6.07, 6.45) is 1.42. The molecule has 2 rings (SSSR count). The molecule has 1 fully saturated rings. The Morgan fingerprint density at radius 3 is 2.93 bits per heavy atom. The molecule has 0 atom stereocenters. The van der Waals surface area contributed by atoms with Gasteiger partial charge in [-0.15, -0.1) is 0 Å². The van der Waals surface area contributed by atoms with Crippen molar-refractivity contribution in [1.29, 1.82) is 0 Å². The maximum absolute atomic E-state index is 11.3. The third-order valence-electron chi connectivity index (χ3n) is 2.25. The fraction of sp³-hybridized carbons (Fsp3) is 0.500. The van der Waals surface area contributed by atoms with Gasteiger partial charge in [0.1, 0.15) is 9.39 Å². The van der Waals surface area contributed by atoms with Crippen molar-refractivity contribution in [1.82, 2.24) is 15.3 Å². The molecule has 0 aromatic carbocycles. The van der Waals surface area contributed by atoms with E-state index in [4.69, 9.17) is 0 Å². The number of H-pyrrole nitrogens is 1. The quantitative estimate of drug-likeness (QED) is 0.680. The van der Waals surface area contributed by atoms with Gasteiger partial charge in [-0.25, -0.2) is 4.98 Å². The number of nitrogens with zero attached hydrogens (tertiary/aromatic N) is 1. The molecule has 0 saturated carbocycles. The van der Waals surface area contributed by atoms with Crippen LogP contribution in [0.2, 0.25) is 0 Å². The van der Waals surface area contributed by atoms with E-state index in [1.807, 2.05) is 22.6 Å². The second-order valence-corrected chi connectivity index (χ2v) is 4.76. The van der Waals surface area contributed by atoms with Gasteiger partial charge in [-0.05, 0) is 29.5 Å². The van der Waals surface area contributed by atoms with Gasteiger partial charge in [-0.1, -0.05) is 0 Å². The number of aromatic amines is 1. The number of rotatable bonds is 2. The molecule has 1 aliphatic rings. The lowest BCUT2D eigenvalue weighted by atomic mass is 9.95. The summed E-state index contributed by atoms with van der Waals surface area (Å²) >= 11 is 2.00. The lowest BCUT2D eigenvalue weighted by Gasteiger charge is -2.40. The normalized spacial score (nSPS) is 18.7. The number of hydrogen-bond donors (Lipinski definition) is 3. The van der Waals surface area contributed by atoms with Gasteiger partial charge in [-0.3, -0.25) is 4.79 Å². The van der Waals surface area contributed by atoms with Crippen molar-refractivity contribution < 1.29 is 0 Å². The summed E-state index contributed by atoms with van der Waals surface area (Å²) in [6.45, 7) is 3.90. The fourth-order valence-electron chi connectivity index (χ4n) is 1.34. The van der Waals surface area contributed by atoms with Gasteiger partial charge in [0.05, 0.1) is 11.9 Å². The molecular weight excluding hydrogens is 295 g/mol. The highest BCUT2D eigenvalue weighted by molar-refractivity contribution is 14.1. The second kappa shape index (κ2) is 3.50. The predicted molar refractivity (Wildman–Crippen MR) is 62.5 cm³/mol. The summed E-state index contributed by atoms with van der Waals surface area (Å²) in [6, 6.07) is 0. The summed E-state index contributed by atoms with van der Waals surface area (Å²) in [5, 5.41) is 6.44. The van der Waals surface area contributed by atoms with E-state index in [0.717, 1.165) is 13.1 Å². The summed E-state index contributed by atoms with van der Waals surface area (Å²) in [7, 11) is 0. The van der Waals surface area contributed by atoms with E-state index in [1.165, 1.54) is 6.33 Å². The largest absolute Gasteiger partial charge is 0.361 e. The van der Waals surface area contributed by atoms with E-state index in [1.54, 1.807) is 0 Å². The summed E-state index contributed by atoms with van der Waals surface area (Å²) in [5.41, 5.74) is -0.0697. The maximum Gasteiger partial charge on any atom is 0.266 e. The van der Waals surface area contributed by atoms with Gasteiger partial charge < -0.3 is 15.6 Å². The van der Waals surface area contributed by atoms with Crippen molar-refractivity contribution in [3.05, 3.63) is 20.3 Å². The Hall–Kier alpha value is -0.630. The van der Waals surface area contributed by atoms with Crippen LogP contribution in [0, 0.1) is 3.57 Å². The zero-order valence-electron chi connectivity index (χ0n) is 7.72. The van der Waals surface area contributed by atoms with Gasteiger partial charge in [0.25, 0.3) is 5.56 Å². The van der Waals surface area contributed by atoms with Gasteiger partial charge in [0.2, 0.25) is 0 Å². The lowest BCUT2D eigenvalue weighted by Crippen LogP contribution is -2.62. The first kappa shape index (κ1) is 9.91. The van der Waals surface area contributed by atoms with Crippen LogP contribution in [0.3, 0.4) is 0 Å². The standard InChI is InChI=1S/C8H11IN4O/c1-8(2-10-3-8)13-6-5(9)7(14)12-4-11-6/h4,10H,2-3H2,1H3,(H2,11,12,13,14). The van der Waals surface area contributed by atoms with Gasteiger partial charge in [0, 0.05) is 13.1 Å². The van der Waals surface area contributed by atoms with Crippen molar-refractivity contribution in [3.63, 3.8) is 0 Å². The number of aromatic nitrogens is 2. The van der Waals surface area contributed by atoms with Crippen LogP contribution in [0.15, 0.2) is 11.1 Å². The molecule has 1 saturated heterocycles. The minimum absolute atomic E-state index is 0.0285. The molecule has 1 aromatic heterocycles. The highest BCUT2D eigenvalue weighted by Gasteiger charge is 2.32. The van der Waals surface area contributed by atoms with Crippen molar-refractivity contribution in [2.24, 2.45) is 0 Å². The van der Waals surface area contributed by atoms with Gasteiger partial charge in [-0.2, -0.15) is 0 Å². The molecule has 0 spiro atoms. The summed E-state index contributed by atoms with van der Waals surface area (Å²) in [4.78, 5) is 17.9. The van der Waals surface area contributed by atoms with Crippen LogP contribution in [0.4, 0.5) is 5.82 Å². The molecule has 0 amide bonds. The Labute approximate surface area is 94.8 Å². The molecule has 1 aromatic rings. The third-order valence-corrected chi connectivity index (χ3v) is 3.25. The van der Waals surface area contributed by atoms with E-state index < -0.39 is 0 Å². The summed E-state index contributed by atoms with van der Waals surface area (Å²) < 4.78 is 0.609. The fourth-order valence-corrected chi connectivity index (χ4v) is 1.77. The van der Waals surface area contributed by atoms with Crippen LogP contribution in [0.25, 0.3) is 0 Å². The molecule has 0 bridgehead atoms. The van der Waals surface area contributed by atoms with Crippen LogP contribution in [0.5, 0.6) is 0 Å². The highest BCUT2D eigenvalue weighted by atomic mass is 127. The van der Waals surface area contributed by atoms with Crippen molar-refractivity contribution in [2.45, 2.75) is 12.5 Å². The van der Waals surface area contributed by atoms with Crippen molar-refractivity contribution >= 4 is 28.4 Å². The average molecular weight is 306 g/mol. The van der Waals surface area contributed by atoms with Crippen LogP contribution in [-0.4, -0.2) is 28.6 Å². The Kier molecular flexibility index (Phi) is 2.48. The predicted octanol–water partition coefficient (Wildman–Crippen LogP) is 0.148. The number of halogens is 1. The SMILES string of the molecule is CC1(Nc2nc[nH]c(=O)c2I)CNC1. The van der Waals surface area contributed by atoms with Crippen molar-refractivity contribution in [2.75, 3.05) is 18.4 Å². The summed E-state index contributed by atoms with van der Waals surface area (Å²) in [5.74, 6) is 0.665. The van der Waals surface area contributed by atoms with E-state index in [2.05, 4.69) is 27.5 Å². The van der Waals surface area contributed by atoms with Gasteiger partial charge >= 0.3 is 0 Å². The monoisotopic (exact) mass is 306 g/mol. The lowest BCUT2D eigenvalue weighted by molar-refractivity contribution is 0.337. The molecule has 0 radical (unpaired) electrons. The Bertz CT molecular complexity index is 399. The first-order chi connectivity index (χ1) is 6.61. The van der Waals surface area contributed by atoms with E-state index in [-0.39, 0.29) is 11.1 Å². The Balaban J connectivity index is 2.24. The van der Waals surface area contributed by atoms with E-state index in [0.29, 0.717) is 9.39 Å². The smallest absolute Gasteiger partial charge is 0.266 e. The first-order valence-electron chi connectivity index (χ1n) is 4.33. The van der Waals surface area contributed by atoms with E-state index >= 15 is 0 Å². The maximum atomic E-state index is 11.3. The second-order valence-electron chi connectivity index (χ2n) is 3.68. The van der Waals surface area contributed by atoms with Crippen LogP contribution in [-0.2, 0) is 0 Å². The Morgan fingerprint density at radius 2 is 2.36 bits per heavy atom. The zero-order valence-corrected chi connectivity index (χ0v) is 9.88. The molecule has 1 aliphatic heterocycles. The number of anilines is 1. The average Bonchev–Trinajstić information content (AvgIpc) is 2.10. The highest BCUT2D eigenvalue weighted by Crippen LogP contribution is 2.18. The molecule has 3 N–H and O–H groups in total. The topological polar surface area (TPSA) is 69.8 Å². The third kappa shape index (κ3) is 1.76. The zero-order chi connectivity index (χ0) is 10.2.